The Morgan fingerprint density at radius 3 is 2.66 bits per heavy atom. The Balaban J connectivity index is 1.61. The van der Waals surface area contributed by atoms with Crippen molar-refractivity contribution < 1.29 is 31.9 Å². The molecule has 7 nitrogen and oxygen atoms in total. The van der Waals surface area contributed by atoms with Gasteiger partial charge in [-0.15, -0.1) is 0 Å². The number of ether oxygens (including phenoxy) is 4. The van der Waals surface area contributed by atoms with E-state index in [0.717, 1.165) is 5.56 Å². The monoisotopic (exact) mass is 514 g/mol. The lowest BCUT2D eigenvalue weighted by molar-refractivity contribution is -0.190. The Morgan fingerprint density at radius 2 is 1.93 bits per heavy atom. The Morgan fingerprint density at radius 1 is 1.17 bits per heavy atom. The molecule has 2 aromatic carbocycles. The lowest BCUT2D eigenvalue weighted by Crippen LogP contribution is -2.38. The van der Waals surface area contributed by atoms with E-state index < -0.39 is 18.4 Å². The van der Waals surface area contributed by atoms with Gasteiger partial charge in [-0.3, -0.25) is 0 Å². The number of hydrogen-bond acceptors (Lipinski definition) is 7. The molecular formula is C21H23IO7. The van der Waals surface area contributed by atoms with Gasteiger partial charge in [0, 0.05) is 18.9 Å². The molecule has 156 valence electrons. The van der Waals surface area contributed by atoms with Gasteiger partial charge in [-0.25, -0.2) is 4.79 Å². The van der Waals surface area contributed by atoms with Crippen molar-refractivity contribution >= 4 is 29.0 Å². The van der Waals surface area contributed by atoms with Crippen LogP contribution >= 0.6 is 23.0 Å². The Kier molecular flexibility index (Phi) is 8.10. The third kappa shape index (κ3) is 6.56. The minimum Gasteiger partial charge on any atom is -0.497 e. The van der Waals surface area contributed by atoms with E-state index in [1.807, 2.05) is 30.3 Å². The van der Waals surface area contributed by atoms with Crippen LogP contribution < -0.4 is 9.47 Å². The number of aliphatic hydroxyl groups excluding tert-OH is 1. The molecule has 3 rings (SSSR count). The number of esters is 1. The minimum atomic E-state index is -0.929. The highest BCUT2D eigenvalue weighted by atomic mass is 127. The molecule has 1 heterocycles. The third-order valence-corrected chi connectivity index (χ3v) is 5.19. The molecule has 1 aliphatic heterocycles. The first kappa shape index (κ1) is 21.8. The highest BCUT2D eigenvalue weighted by Gasteiger charge is 2.30. The molecule has 0 aliphatic carbocycles. The number of hydrogen-bond donors (Lipinski definition) is 1. The quantitative estimate of drug-likeness (QED) is 0.425. The molecule has 1 fully saturated rings. The highest BCUT2D eigenvalue weighted by molar-refractivity contribution is 14.1. The number of rotatable bonds is 8. The van der Waals surface area contributed by atoms with E-state index in [9.17, 15) is 9.90 Å². The minimum absolute atomic E-state index is 0.0177. The number of aliphatic hydroxyl groups is 1. The summed E-state index contributed by atoms with van der Waals surface area (Å²) < 4.78 is 27.1. The summed E-state index contributed by atoms with van der Waals surface area (Å²) in [5, 5.41) is 9.74. The van der Waals surface area contributed by atoms with Crippen molar-refractivity contribution in [1.29, 1.82) is 0 Å². The van der Waals surface area contributed by atoms with E-state index in [1.165, 1.54) is 7.11 Å². The Labute approximate surface area is 183 Å². The first-order chi connectivity index (χ1) is 14.1. The molecule has 8 heteroatoms. The summed E-state index contributed by atoms with van der Waals surface area (Å²) in [6.07, 6.45) is -0.566. The van der Waals surface area contributed by atoms with E-state index in [4.69, 9.17) is 22.0 Å². The Hall–Kier alpha value is -1.88. The van der Waals surface area contributed by atoms with Crippen molar-refractivity contribution in [3.63, 3.8) is 0 Å². The van der Waals surface area contributed by atoms with Crippen molar-refractivity contribution in [1.82, 2.24) is 0 Å². The molecule has 0 radical (unpaired) electrons. The zero-order valence-electron chi connectivity index (χ0n) is 16.0. The summed E-state index contributed by atoms with van der Waals surface area (Å²) in [6, 6.07) is 14.6. The fourth-order valence-electron chi connectivity index (χ4n) is 3.01. The lowest BCUT2D eigenvalue weighted by atomic mass is 10.1. The molecule has 0 aromatic heterocycles. The summed E-state index contributed by atoms with van der Waals surface area (Å²) in [7, 11) is 1.52. The number of benzene rings is 2. The highest BCUT2D eigenvalue weighted by Crippen LogP contribution is 2.26. The van der Waals surface area contributed by atoms with Crippen LogP contribution in [0.15, 0.2) is 48.5 Å². The molecule has 1 N–H and O–H groups in total. The predicted molar refractivity (Wildman–Crippen MR) is 113 cm³/mol. The second kappa shape index (κ2) is 10.8. The summed E-state index contributed by atoms with van der Waals surface area (Å²) in [4.78, 5) is 12.5. The fraction of sp³-hybridized carbons (Fsp3) is 0.381. The van der Waals surface area contributed by atoms with Crippen molar-refractivity contribution in [2.45, 2.75) is 37.9 Å². The summed E-state index contributed by atoms with van der Waals surface area (Å²) in [6.45, 7) is 0.387. The molecule has 0 saturated carbocycles. The van der Waals surface area contributed by atoms with E-state index in [1.54, 1.807) is 41.2 Å². The maximum atomic E-state index is 12.5. The van der Waals surface area contributed by atoms with E-state index in [-0.39, 0.29) is 12.7 Å². The third-order valence-electron chi connectivity index (χ3n) is 4.47. The topological polar surface area (TPSA) is 83.5 Å². The van der Waals surface area contributed by atoms with Gasteiger partial charge in [-0.2, -0.15) is 0 Å². The molecule has 1 aliphatic rings. The summed E-state index contributed by atoms with van der Waals surface area (Å²) in [5.74, 6) is 0.470. The lowest BCUT2D eigenvalue weighted by Gasteiger charge is -2.31. The molecular weight excluding hydrogens is 491 g/mol. The van der Waals surface area contributed by atoms with Crippen LogP contribution in [0.5, 0.6) is 11.5 Å². The molecule has 3 unspecified atom stereocenters. The van der Waals surface area contributed by atoms with E-state index in [0.29, 0.717) is 36.5 Å². The SMILES string of the molecule is COc1cc(OCc2ccccc2)cc(C(=O)OCC2CC(OI)CC(O)O2)c1. The maximum absolute atomic E-state index is 12.5. The van der Waals surface area contributed by atoms with Gasteiger partial charge in [0.05, 0.1) is 24.9 Å². The largest absolute Gasteiger partial charge is 0.497 e. The van der Waals surface area contributed by atoms with Crippen molar-refractivity contribution in [3.05, 3.63) is 59.7 Å². The molecule has 29 heavy (non-hydrogen) atoms. The van der Waals surface area contributed by atoms with Crippen LogP contribution in [-0.2, 0) is 19.1 Å². The van der Waals surface area contributed by atoms with Crippen LogP contribution in [0.2, 0.25) is 0 Å². The van der Waals surface area contributed by atoms with Crippen LogP contribution in [0.4, 0.5) is 0 Å². The van der Waals surface area contributed by atoms with Gasteiger partial charge < -0.3 is 27.1 Å². The van der Waals surface area contributed by atoms with Crippen LogP contribution in [0.3, 0.4) is 0 Å². The average Bonchev–Trinajstić information content (AvgIpc) is 2.76. The normalized spacial score (nSPS) is 21.4. The van der Waals surface area contributed by atoms with E-state index in [2.05, 4.69) is 0 Å². The van der Waals surface area contributed by atoms with Crippen LogP contribution in [0.25, 0.3) is 0 Å². The first-order valence-electron chi connectivity index (χ1n) is 9.21. The van der Waals surface area contributed by atoms with E-state index >= 15 is 0 Å². The second-order valence-corrected chi connectivity index (χ2v) is 7.17. The first-order valence-corrected chi connectivity index (χ1v) is 10.1. The zero-order chi connectivity index (χ0) is 20.6. The van der Waals surface area contributed by atoms with Crippen LogP contribution in [0, 0.1) is 0 Å². The molecule has 0 amide bonds. The van der Waals surface area contributed by atoms with Crippen LogP contribution in [-0.4, -0.2) is 43.3 Å². The molecule has 3 atom stereocenters. The summed E-state index contributed by atoms with van der Waals surface area (Å²) in [5.41, 5.74) is 1.32. The van der Waals surface area contributed by atoms with Gasteiger partial charge in [0.25, 0.3) is 0 Å². The van der Waals surface area contributed by atoms with Gasteiger partial charge in [-0.05, 0) is 17.7 Å². The van der Waals surface area contributed by atoms with Crippen molar-refractivity contribution in [2.24, 2.45) is 0 Å². The molecule has 0 bridgehead atoms. The van der Waals surface area contributed by atoms with Crippen LogP contribution in [0.1, 0.15) is 28.8 Å². The number of halogens is 1. The number of methoxy groups -OCH3 is 1. The molecule has 1 saturated heterocycles. The van der Waals surface area contributed by atoms with Gasteiger partial charge in [-0.1, -0.05) is 30.3 Å². The van der Waals surface area contributed by atoms with Crippen molar-refractivity contribution in [3.8, 4) is 11.5 Å². The Bertz CT molecular complexity index is 799. The second-order valence-electron chi connectivity index (χ2n) is 6.67. The maximum Gasteiger partial charge on any atom is 0.338 e. The number of carbonyl (C=O) groups is 1. The summed E-state index contributed by atoms with van der Waals surface area (Å²) >= 11 is 1.80. The van der Waals surface area contributed by atoms with Crippen molar-refractivity contribution in [2.75, 3.05) is 13.7 Å². The standard InChI is InChI=1S/C21H23IO7/c1-25-16-7-15(8-17(9-16)26-12-14-5-3-2-4-6-14)21(24)27-13-19-10-18(29-22)11-20(23)28-19/h2-9,18-20,23H,10-13H2,1H3. The predicted octanol–water partition coefficient (Wildman–Crippen LogP) is 3.66. The van der Waals surface area contributed by atoms with Gasteiger partial charge >= 0.3 is 5.97 Å². The van der Waals surface area contributed by atoms with Gasteiger partial charge in [0.15, 0.2) is 6.29 Å². The van der Waals surface area contributed by atoms with Gasteiger partial charge in [0.1, 0.15) is 47.7 Å². The molecule has 2 aromatic rings. The zero-order valence-corrected chi connectivity index (χ0v) is 18.1. The smallest absolute Gasteiger partial charge is 0.338 e. The fourth-order valence-corrected chi connectivity index (χ4v) is 3.43. The molecule has 0 spiro atoms. The van der Waals surface area contributed by atoms with Gasteiger partial charge in [0.2, 0.25) is 0 Å². The average molecular weight is 514 g/mol. The number of carbonyl (C=O) groups excluding carboxylic acids is 1.